The number of hydrogen-bond acceptors (Lipinski definition) is 5. The number of aromatic nitrogens is 1. The van der Waals surface area contributed by atoms with E-state index in [0.29, 0.717) is 6.54 Å². The Bertz CT molecular complexity index is 702. The van der Waals surface area contributed by atoms with E-state index in [1.807, 2.05) is 37.4 Å². The molecule has 1 saturated heterocycles. The van der Waals surface area contributed by atoms with Crippen LogP contribution in [-0.2, 0) is 16.0 Å². The molecule has 0 atom stereocenters. The molecule has 0 unspecified atom stereocenters. The number of pyridine rings is 1. The zero-order valence-electron chi connectivity index (χ0n) is 15.2. The van der Waals surface area contributed by atoms with E-state index in [4.69, 9.17) is 4.74 Å². The predicted octanol–water partition coefficient (Wildman–Crippen LogP) is 2.03. The maximum Gasteiger partial charge on any atom is 0.241 e. The van der Waals surface area contributed by atoms with Crippen LogP contribution in [0.4, 0.5) is 11.4 Å². The molecule has 1 N–H and O–H groups in total. The molecule has 1 aromatic carbocycles. The number of carbonyl (C=O) groups excluding carboxylic acids is 1. The van der Waals surface area contributed by atoms with E-state index in [2.05, 4.69) is 21.3 Å². The van der Waals surface area contributed by atoms with Gasteiger partial charge in [-0.2, -0.15) is 0 Å². The second kappa shape index (κ2) is 9.20. The number of hydrogen-bond donors (Lipinski definition) is 1. The Kier molecular flexibility index (Phi) is 6.44. The smallest absolute Gasteiger partial charge is 0.241 e. The van der Waals surface area contributed by atoms with Gasteiger partial charge in [-0.3, -0.25) is 9.78 Å². The first kappa shape index (κ1) is 18.2. The highest BCUT2D eigenvalue weighted by Gasteiger charge is 2.15. The third kappa shape index (κ3) is 4.95. The average molecular weight is 354 g/mol. The Labute approximate surface area is 154 Å². The van der Waals surface area contributed by atoms with Crippen molar-refractivity contribution in [3.05, 3.63) is 54.4 Å². The predicted molar refractivity (Wildman–Crippen MR) is 104 cm³/mol. The van der Waals surface area contributed by atoms with Crippen LogP contribution in [0.3, 0.4) is 0 Å². The van der Waals surface area contributed by atoms with Gasteiger partial charge in [0.1, 0.15) is 0 Å². The first-order valence-corrected chi connectivity index (χ1v) is 9.02. The van der Waals surface area contributed by atoms with Crippen molar-refractivity contribution in [2.24, 2.45) is 0 Å². The molecule has 1 aliphatic rings. The second-order valence-electron chi connectivity index (χ2n) is 6.39. The molecule has 26 heavy (non-hydrogen) atoms. The highest BCUT2D eigenvalue weighted by atomic mass is 16.5. The summed E-state index contributed by atoms with van der Waals surface area (Å²) >= 11 is 0. The van der Waals surface area contributed by atoms with Crippen LogP contribution in [0.5, 0.6) is 0 Å². The van der Waals surface area contributed by atoms with Crippen molar-refractivity contribution in [2.75, 3.05) is 56.7 Å². The number of nitrogens with one attached hydrogen (secondary N) is 1. The fraction of sp³-hybridized carbons (Fsp3) is 0.400. The lowest BCUT2D eigenvalue weighted by molar-refractivity contribution is -0.127. The van der Waals surface area contributed by atoms with Crippen molar-refractivity contribution in [1.29, 1.82) is 0 Å². The van der Waals surface area contributed by atoms with Crippen molar-refractivity contribution in [3.63, 3.8) is 0 Å². The number of benzene rings is 1. The molecule has 6 heteroatoms. The zero-order chi connectivity index (χ0) is 18.2. The Morgan fingerprint density at radius 1 is 1.19 bits per heavy atom. The van der Waals surface area contributed by atoms with Gasteiger partial charge in [-0.1, -0.05) is 12.1 Å². The number of likely N-dealkylation sites (N-methyl/N-ethyl adjacent to an activating group) is 1. The summed E-state index contributed by atoms with van der Waals surface area (Å²) in [5, 5.41) is 3.31. The van der Waals surface area contributed by atoms with Crippen molar-refractivity contribution in [2.45, 2.75) is 6.42 Å². The van der Waals surface area contributed by atoms with Crippen LogP contribution in [-0.4, -0.2) is 62.2 Å². The molecule has 0 bridgehead atoms. The summed E-state index contributed by atoms with van der Waals surface area (Å²) < 4.78 is 5.43. The third-order valence-electron chi connectivity index (χ3n) is 4.60. The van der Waals surface area contributed by atoms with Crippen LogP contribution >= 0.6 is 0 Å². The molecular weight excluding hydrogens is 328 g/mol. The van der Waals surface area contributed by atoms with E-state index >= 15 is 0 Å². The number of ether oxygens (including phenoxy) is 1. The van der Waals surface area contributed by atoms with Gasteiger partial charge in [-0.25, -0.2) is 0 Å². The van der Waals surface area contributed by atoms with Crippen LogP contribution in [0.15, 0.2) is 48.8 Å². The minimum atomic E-state index is 0.0795. The highest BCUT2D eigenvalue weighted by molar-refractivity contribution is 5.82. The minimum Gasteiger partial charge on any atom is -0.378 e. The molecule has 6 nitrogen and oxygen atoms in total. The number of carbonyl (C=O) groups is 1. The lowest BCUT2D eigenvalue weighted by Crippen LogP contribution is -2.37. The van der Waals surface area contributed by atoms with Gasteiger partial charge in [0.2, 0.25) is 5.91 Å². The summed E-state index contributed by atoms with van der Waals surface area (Å²) in [4.78, 5) is 20.5. The first-order chi connectivity index (χ1) is 12.7. The Hall–Kier alpha value is -2.60. The largest absolute Gasteiger partial charge is 0.378 e. The van der Waals surface area contributed by atoms with E-state index in [9.17, 15) is 4.79 Å². The molecule has 0 saturated carbocycles. The fourth-order valence-corrected chi connectivity index (χ4v) is 2.98. The van der Waals surface area contributed by atoms with Crippen LogP contribution in [0.1, 0.15) is 5.56 Å². The molecule has 1 aliphatic heterocycles. The molecule has 0 aliphatic carbocycles. The third-order valence-corrected chi connectivity index (χ3v) is 4.60. The fourth-order valence-electron chi connectivity index (χ4n) is 2.98. The lowest BCUT2D eigenvalue weighted by atomic mass is 10.2. The molecular formula is C20H26N4O2. The van der Waals surface area contributed by atoms with Crippen LogP contribution in [0, 0.1) is 0 Å². The molecule has 1 fully saturated rings. The van der Waals surface area contributed by atoms with Crippen LogP contribution in [0.25, 0.3) is 0 Å². The van der Waals surface area contributed by atoms with Crippen molar-refractivity contribution < 1.29 is 9.53 Å². The average Bonchev–Trinajstić information content (AvgIpc) is 2.72. The van der Waals surface area contributed by atoms with Gasteiger partial charge in [-0.15, -0.1) is 0 Å². The molecule has 2 heterocycles. The van der Waals surface area contributed by atoms with Crippen molar-refractivity contribution in [3.8, 4) is 0 Å². The summed E-state index contributed by atoms with van der Waals surface area (Å²) in [7, 11) is 1.85. The van der Waals surface area contributed by atoms with Gasteiger partial charge in [0.05, 0.1) is 31.1 Å². The number of amides is 1. The zero-order valence-corrected chi connectivity index (χ0v) is 15.2. The summed E-state index contributed by atoms with van der Waals surface area (Å²) in [5.41, 5.74) is 3.30. The first-order valence-electron chi connectivity index (χ1n) is 9.02. The second-order valence-corrected chi connectivity index (χ2v) is 6.39. The van der Waals surface area contributed by atoms with E-state index in [-0.39, 0.29) is 12.5 Å². The standard InChI is InChI=1S/C20H26N4O2/c1-23(11-8-17-6-9-21-10-7-17)20(25)16-22-18-4-2-3-5-19(18)24-12-14-26-15-13-24/h2-7,9-10,22H,8,11-16H2,1H3. The van der Waals surface area contributed by atoms with Gasteiger partial charge in [0.25, 0.3) is 0 Å². The van der Waals surface area contributed by atoms with Crippen molar-refractivity contribution >= 4 is 17.3 Å². The van der Waals surface area contributed by atoms with Gasteiger partial charge < -0.3 is 19.9 Å². The maximum absolute atomic E-state index is 12.4. The van der Waals surface area contributed by atoms with Gasteiger partial charge in [0, 0.05) is 39.1 Å². The van der Waals surface area contributed by atoms with Gasteiger partial charge in [0.15, 0.2) is 0 Å². The number of anilines is 2. The van der Waals surface area contributed by atoms with E-state index in [1.165, 1.54) is 5.56 Å². The van der Waals surface area contributed by atoms with Crippen molar-refractivity contribution in [1.82, 2.24) is 9.88 Å². The molecule has 2 aromatic rings. The summed E-state index contributed by atoms with van der Waals surface area (Å²) in [6.45, 7) is 4.21. The van der Waals surface area contributed by atoms with E-state index < -0.39 is 0 Å². The summed E-state index contributed by atoms with van der Waals surface area (Å²) in [6.07, 6.45) is 4.39. The summed E-state index contributed by atoms with van der Waals surface area (Å²) in [6, 6.07) is 12.1. The quantitative estimate of drug-likeness (QED) is 0.824. The monoisotopic (exact) mass is 354 g/mol. The maximum atomic E-state index is 12.4. The van der Waals surface area contributed by atoms with Gasteiger partial charge in [-0.05, 0) is 36.2 Å². The Balaban J connectivity index is 1.52. The van der Waals surface area contributed by atoms with E-state index in [1.54, 1.807) is 17.3 Å². The van der Waals surface area contributed by atoms with Crippen LogP contribution < -0.4 is 10.2 Å². The summed E-state index contributed by atoms with van der Waals surface area (Å²) in [5.74, 6) is 0.0795. The molecule has 1 aromatic heterocycles. The molecule has 0 spiro atoms. The number of para-hydroxylation sites is 2. The lowest BCUT2D eigenvalue weighted by Gasteiger charge is -2.30. The van der Waals surface area contributed by atoms with Crippen LogP contribution in [0.2, 0.25) is 0 Å². The Morgan fingerprint density at radius 3 is 2.69 bits per heavy atom. The van der Waals surface area contributed by atoms with Gasteiger partial charge >= 0.3 is 0 Å². The number of morpholine rings is 1. The topological polar surface area (TPSA) is 57.7 Å². The molecule has 3 rings (SSSR count). The minimum absolute atomic E-state index is 0.0795. The normalized spacial score (nSPS) is 14.1. The Morgan fingerprint density at radius 2 is 1.92 bits per heavy atom. The highest BCUT2D eigenvalue weighted by Crippen LogP contribution is 2.26. The number of rotatable bonds is 7. The molecule has 138 valence electrons. The molecule has 0 radical (unpaired) electrons. The SMILES string of the molecule is CN(CCc1ccncc1)C(=O)CNc1ccccc1N1CCOCC1. The number of nitrogens with zero attached hydrogens (tertiary/aromatic N) is 3. The van der Waals surface area contributed by atoms with E-state index in [0.717, 1.165) is 44.1 Å². The molecule has 1 amide bonds.